The number of hydrogen-bond acceptors (Lipinski definition) is 4. The van der Waals surface area contributed by atoms with Gasteiger partial charge in [-0.25, -0.2) is 4.98 Å². The van der Waals surface area contributed by atoms with Crippen LogP contribution in [0.25, 0.3) is 11.0 Å². The molecule has 0 bridgehead atoms. The normalized spacial score (nSPS) is 18.0. The lowest BCUT2D eigenvalue weighted by atomic mass is 10.1. The molecule has 0 radical (unpaired) electrons. The van der Waals surface area contributed by atoms with Gasteiger partial charge < -0.3 is 4.90 Å². The van der Waals surface area contributed by atoms with Crippen molar-refractivity contribution in [1.82, 2.24) is 19.7 Å². The summed E-state index contributed by atoms with van der Waals surface area (Å²) in [5, 5.41) is 5.27. The van der Waals surface area contributed by atoms with E-state index in [4.69, 9.17) is 28.2 Å². The Morgan fingerprint density at radius 2 is 1.91 bits per heavy atom. The van der Waals surface area contributed by atoms with Crippen molar-refractivity contribution >= 4 is 40.1 Å². The highest BCUT2D eigenvalue weighted by Crippen LogP contribution is 2.35. The first-order chi connectivity index (χ1) is 11.1. The molecule has 1 saturated heterocycles. The molecule has 1 aliphatic heterocycles. The van der Waals surface area contributed by atoms with E-state index in [1.807, 2.05) is 17.9 Å². The summed E-state index contributed by atoms with van der Waals surface area (Å²) in [5.41, 5.74) is 2.72. The monoisotopic (exact) mass is 347 g/mol. The third kappa shape index (κ3) is 2.64. The van der Waals surface area contributed by atoms with Gasteiger partial charge in [0.05, 0.1) is 39.5 Å². The molecule has 0 amide bonds. The van der Waals surface area contributed by atoms with E-state index in [1.54, 1.807) is 18.3 Å². The van der Waals surface area contributed by atoms with Gasteiger partial charge in [-0.3, -0.25) is 9.67 Å². The summed E-state index contributed by atoms with van der Waals surface area (Å²) in [6, 6.07) is 3.81. The SMILES string of the molecule is Cn1cc([C@@H]2CCCN2c2cnc3cc(Cl)c(Cl)cc3n2)cn1. The topological polar surface area (TPSA) is 46.8 Å². The molecule has 3 aromatic rings. The van der Waals surface area contributed by atoms with Gasteiger partial charge in [0.1, 0.15) is 5.82 Å². The lowest BCUT2D eigenvalue weighted by Crippen LogP contribution is -2.23. The van der Waals surface area contributed by atoms with Crippen LogP contribution >= 0.6 is 23.2 Å². The Kier molecular flexibility index (Phi) is 3.62. The number of nitrogens with zero attached hydrogens (tertiary/aromatic N) is 5. The lowest BCUT2D eigenvalue weighted by molar-refractivity contribution is 0.708. The largest absolute Gasteiger partial charge is 0.348 e. The van der Waals surface area contributed by atoms with Gasteiger partial charge in [0.25, 0.3) is 0 Å². The number of benzene rings is 1. The molecule has 1 aromatic carbocycles. The molecule has 0 aliphatic carbocycles. The van der Waals surface area contributed by atoms with Crippen molar-refractivity contribution in [1.29, 1.82) is 0 Å². The van der Waals surface area contributed by atoms with E-state index in [0.717, 1.165) is 36.2 Å². The molecule has 3 heterocycles. The van der Waals surface area contributed by atoms with Crippen LogP contribution in [-0.4, -0.2) is 26.3 Å². The van der Waals surface area contributed by atoms with Gasteiger partial charge in [0.2, 0.25) is 0 Å². The zero-order valence-electron chi connectivity index (χ0n) is 12.6. The molecule has 2 aromatic heterocycles. The van der Waals surface area contributed by atoms with E-state index in [9.17, 15) is 0 Å². The zero-order chi connectivity index (χ0) is 16.0. The van der Waals surface area contributed by atoms with Crippen molar-refractivity contribution < 1.29 is 0 Å². The third-order valence-electron chi connectivity index (χ3n) is 4.23. The molecule has 23 heavy (non-hydrogen) atoms. The molecule has 0 saturated carbocycles. The Hall–Kier alpha value is -1.85. The number of fused-ring (bicyclic) bond motifs is 1. The van der Waals surface area contributed by atoms with Crippen LogP contribution in [0.4, 0.5) is 5.82 Å². The Balaban J connectivity index is 1.74. The van der Waals surface area contributed by atoms with Crippen molar-refractivity contribution in [2.45, 2.75) is 18.9 Å². The molecular weight excluding hydrogens is 333 g/mol. The van der Waals surface area contributed by atoms with Crippen molar-refractivity contribution in [3.05, 3.63) is 46.3 Å². The Morgan fingerprint density at radius 3 is 2.65 bits per heavy atom. The van der Waals surface area contributed by atoms with Crippen LogP contribution < -0.4 is 4.90 Å². The van der Waals surface area contributed by atoms with Gasteiger partial charge in [0.15, 0.2) is 0 Å². The predicted octanol–water partition coefficient (Wildman–Crippen LogP) is 4.01. The van der Waals surface area contributed by atoms with Crippen LogP contribution in [0.2, 0.25) is 10.0 Å². The quantitative estimate of drug-likeness (QED) is 0.702. The second-order valence-electron chi connectivity index (χ2n) is 5.78. The molecule has 0 unspecified atom stereocenters. The van der Waals surface area contributed by atoms with Crippen molar-refractivity contribution in [3.63, 3.8) is 0 Å². The summed E-state index contributed by atoms with van der Waals surface area (Å²) in [6.07, 6.45) is 8.01. The van der Waals surface area contributed by atoms with Gasteiger partial charge in [-0.15, -0.1) is 0 Å². The first-order valence-electron chi connectivity index (χ1n) is 7.49. The van der Waals surface area contributed by atoms with Crippen molar-refractivity contribution in [3.8, 4) is 0 Å². The zero-order valence-corrected chi connectivity index (χ0v) is 14.1. The van der Waals surface area contributed by atoms with E-state index >= 15 is 0 Å². The van der Waals surface area contributed by atoms with Gasteiger partial charge in [-0.1, -0.05) is 23.2 Å². The second-order valence-corrected chi connectivity index (χ2v) is 6.60. The highest BCUT2D eigenvalue weighted by atomic mass is 35.5. The highest BCUT2D eigenvalue weighted by molar-refractivity contribution is 6.42. The minimum atomic E-state index is 0.290. The van der Waals surface area contributed by atoms with Crippen LogP contribution in [0.3, 0.4) is 0 Å². The van der Waals surface area contributed by atoms with Gasteiger partial charge in [-0.05, 0) is 25.0 Å². The summed E-state index contributed by atoms with van der Waals surface area (Å²) >= 11 is 12.1. The lowest BCUT2D eigenvalue weighted by Gasteiger charge is -2.24. The van der Waals surface area contributed by atoms with Gasteiger partial charge in [-0.2, -0.15) is 5.10 Å². The van der Waals surface area contributed by atoms with Crippen LogP contribution in [0.15, 0.2) is 30.7 Å². The minimum Gasteiger partial charge on any atom is -0.348 e. The fraction of sp³-hybridized carbons (Fsp3) is 0.312. The molecule has 0 spiro atoms. The molecule has 1 fully saturated rings. The van der Waals surface area contributed by atoms with Crippen molar-refractivity contribution in [2.24, 2.45) is 7.05 Å². The molecule has 0 N–H and O–H groups in total. The van der Waals surface area contributed by atoms with Crippen LogP contribution in [-0.2, 0) is 7.05 Å². The molecule has 5 nitrogen and oxygen atoms in total. The Bertz CT molecular complexity index is 876. The molecule has 7 heteroatoms. The fourth-order valence-electron chi connectivity index (χ4n) is 3.14. The minimum absolute atomic E-state index is 0.290. The summed E-state index contributed by atoms with van der Waals surface area (Å²) in [4.78, 5) is 11.5. The molecule has 118 valence electrons. The summed E-state index contributed by atoms with van der Waals surface area (Å²) < 4.78 is 1.83. The van der Waals surface area contributed by atoms with Gasteiger partial charge in [0, 0.05) is 25.4 Å². The highest BCUT2D eigenvalue weighted by Gasteiger charge is 2.28. The summed E-state index contributed by atoms with van der Waals surface area (Å²) in [5.74, 6) is 0.863. The first-order valence-corrected chi connectivity index (χ1v) is 8.24. The summed E-state index contributed by atoms with van der Waals surface area (Å²) in [7, 11) is 1.93. The standard InChI is InChI=1S/C16H15Cl2N5/c1-22-9-10(7-20-22)15-3-2-4-23(15)16-8-19-13-5-11(17)12(18)6-14(13)21-16/h5-9,15H,2-4H2,1H3/t15-/m0/s1. The van der Waals surface area contributed by atoms with E-state index in [1.165, 1.54) is 5.56 Å². The smallest absolute Gasteiger partial charge is 0.148 e. The van der Waals surface area contributed by atoms with Crippen LogP contribution in [0.5, 0.6) is 0 Å². The number of anilines is 1. The number of aryl methyl sites for hydroxylation is 1. The average molecular weight is 348 g/mol. The molecule has 1 atom stereocenters. The number of hydrogen-bond donors (Lipinski definition) is 0. The van der Waals surface area contributed by atoms with Crippen molar-refractivity contribution in [2.75, 3.05) is 11.4 Å². The maximum Gasteiger partial charge on any atom is 0.148 e. The van der Waals surface area contributed by atoms with E-state index in [-0.39, 0.29) is 0 Å². The Labute approximate surface area is 143 Å². The van der Waals surface area contributed by atoms with E-state index < -0.39 is 0 Å². The predicted molar refractivity (Wildman–Crippen MR) is 92.1 cm³/mol. The molecule has 4 rings (SSSR count). The molecular formula is C16H15Cl2N5. The third-order valence-corrected chi connectivity index (χ3v) is 4.95. The first kappa shape index (κ1) is 14.7. The maximum atomic E-state index is 6.10. The summed E-state index contributed by atoms with van der Waals surface area (Å²) in [6.45, 7) is 0.959. The van der Waals surface area contributed by atoms with E-state index in [2.05, 4.69) is 21.2 Å². The fourth-order valence-corrected chi connectivity index (χ4v) is 3.45. The van der Waals surface area contributed by atoms with Crippen LogP contribution in [0, 0.1) is 0 Å². The second kappa shape index (κ2) is 5.65. The Morgan fingerprint density at radius 1 is 1.13 bits per heavy atom. The number of halogens is 2. The maximum absolute atomic E-state index is 6.10. The number of aromatic nitrogens is 4. The molecule has 1 aliphatic rings. The van der Waals surface area contributed by atoms with Crippen LogP contribution in [0.1, 0.15) is 24.4 Å². The van der Waals surface area contributed by atoms with Gasteiger partial charge >= 0.3 is 0 Å². The van der Waals surface area contributed by atoms with E-state index in [0.29, 0.717) is 16.1 Å². The number of rotatable bonds is 2. The average Bonchev–Trinajstić information content (AvgIpc) is 3.16.